The van der Waals surface area contributed by atoms with Crippen LogP contribution in [0.2, 0.25) is 0 Å². The lowest BCUT2D eigenvalue weighted by Crippen LogP contribution is -2.54. The molecule has 0 aliphatic heterocycles. The molecule has 0 aromatic carbocycles. The average Bonchev–Trinajstić information content (AvgIpc) is 2.59. The number of ether oxygens (including phenoxy) is 4. The van der Waals surface area contributed by atoms with Crippen LogP contribution < -0.4 is 0 Å². The first-order valence-corrected chi connectivity index (χ1v) is 7.10. The van der Waals surface area contributed by atoms with Gasteiger partial charge in [-0.15, -0.1) is 0 Å². The molecule has 0 aliphatic rings. The summed E-state index contributed by atoms with van der Waals surface area (Å²) in [5, 5.41) is 34.5. The van der Waals surface area contributed by atoms with Gasteiger partial charge in [0, 0.05) is 0 Å². The van der Waals surface area contributed by atoms with E-state index in [-0.39, 0.29) is 0 Å². The molecule has 0 rings (SSSR count). The highest BCUT2D eigenvalue weighted by Gasteiger charge is 2.64. The van der Waals surface area contributed by atoms with Crippen LogP contribution in [0.5, 0.6) is 0 Å². The average molecular weight is 426 g/mol. The van der Waals surface area contributed by atoms with Crippen LogP contribution in [-0.2, 0) is 57.4 Å². The van der Waals surface area contributed by atoms with Gasteiger partial charge in [0.25, 0.3) is 0 Å². The number of hydrogen-bond acceptors (Lipinski definition) is 13. The summed E-state index contributed by atoms with van der Waals surface area (Å²) in [5.41, 5.74) is -3.97. The van der Waals surface area contributed by atoms with E-state index >= 15 is 0 Å². The molecule has 0 saturated heterocycles. The maximum absolute atomic E-state index is 11.9. The minimum absolute atomic E-state index is 0.492. The zero-order valence-corrected chi connectivity index (χ0v) is 14.2. The molecule has 0 radical (unpaired) electrons. The van der Waals surface area contributed by atoms with Gasteiger partial charge in [0.05, 0.1) is 13.0 Å². The summed E-state index contributed by atoms with van der Waals surface area (Å²) in [6.07, 6.45) is -1.66. The van der Waals surface area contributed by atoms with Gasteiger partial charge in [-0.05, 0) is 0 Å². The number of carbonyl (C=O) groups is 7. The summed E-state index contributed by atoms with van der Waals surface area (Å²) in [4.78, 5) is 82.3. The van der Waals surface area contributed by atoms with Crippen LogP contribution in [0, 0.1) is 5.41 Å². The highest BCUT2D eigenvalue weighted by atomic mass is 17.1. The van der Waals surface area contributed by atoms with Gasteiger partial charge in [0.1, 0.15) is 6.42 Å². The molecule has 0 heterocycles. The van der Waals surface area contributed by atoms with Gasteiger partial charge in [0.2, 0.25) is 13.6 Å². The first kappa shape index (κ1) is 25.2. The van der Waals surface area contributed by atoms with Gasteiger partial charge < -0.3 is 34.3 Å². The number of aliphatic carboxylic acids is 3. The standard InChI is InChI=1S/C13H14O16/c14-6(15)3-8(17)26-5-28-12(23)13(9(18)19,10(20)21)11(22)27-4-25-7(16)1-2-29-24/h24H,1-5H2,(H,14,15)(H,18,19)(H,20,21). The molecule has 162 valence electrons. The Hall–Kier alpha value is -3.79. The van der Waals surface area contributed by atoms with Crippen molar-refractivity contribution in [2.24, 2.45) is 5.41 Å². The number of rotatable bonds is 13. The monoisotopic (exact) mass is 426 g/mol. The predicted molar refractivity (Wildman–Crippen MR) is 77.3 cm³/mol. The first-order chi connectivity index (χ1) is 13.5. The quantitative estimate of drug-likeness (QED) is 0.0786. The Kier molecular flexibility index (Phi) is 10.3. The fraction of sp³-hybridized carbons (Fsp3) is 0.462. The summed E-state index contributed by atoms with van der Waals surface area (Å²) in [7, 11) is 0. The summed E-state index contributed by atoms with van der Waals surface area (Å²) < 4.78 is 16.6. The lowest BCUT2D eigenvalue weighted by atomic mass is 9.88. The smallest absolute Gasteiger partial charge is 0.355 e. The zero-order valence-electron chi connectivity index (χ0n) is 14.2. The predicted octanol–water partition coefficient (Wildman–Crippen LogP) is -2.42. The summed E-state index contributed by atoms with van der Waals surface area (Å²) in [5.74, 6) is -13.7. The Balaban J connectivity index is 5.10. The Morgan fingerprint density at radius 1 is 0.690 bits per heavy atom. The van der Waals surface area contributed by atoms with E-state index in [1.54, 1.807) is 0 Å². The molecule has 0 aromatic rings. The summed E-state index contributed by atoms with van der Waals surface area (Å²) >= 11 is 0. The van der Waals surface area contributed by atoms with E-state index in [0.717, 1.165) is 0 Å². The second-order valence-corrected chi connectivity index (χ2v) is 4.65. The van der Waals surface area contributed by atoms with Crippen LogP contribution in [-0.4, -0.2) is 82.6 Å². The van der Waals surface area contributed by atoms with E-state index in [2.05, 4.69) is 23.8 Å². The van der Waals surface area contributed by atoms with Gasteiger partial charge in [-0.1, -0.05) is 0 Å². The number of carboxylic acid groups (broad SMARTS) is 3. The lowest BCUT2D eigenvalue weighted by Gasteiger charge is -2.20. The number of carboxylic acids is 3. The third-order valence-electron chi connectivity index (χ3n) is 2.77. The van der Waals surface area contributed by atoms with Crippen LogP contribution >= 0.6 is 0 Å². The van der Waals surface area contributed by atoms with Gasteiger partial charge in [-0.3, -0.25) is 19.6 Å². The van der Waals surface area contributed by atoms with E-state index in [1.165, 1.54) is 0 Å². The molecule has 29 heavy (non-hydrogen) atoms. The van der Waals surface area contributed by atoms with Gasteiger partial charge in [-0.25, -0.2) is 24.1 Å². The molecular formula is C13H14O16. The molecule has 4 N–H and O–H groups in total. The van der Waals surface area contributed by atoms with Crippen molar-refractivity contribution in [3.05, 3.63) is 0 Å². The molecular weight excluding hydrogens is 412 g/mol. The third-order valence-corrected chi connectivity index (χ3v) is 2.77. The lowest BCUT2D eigenvalue weighted by molar-refractivity contribution is -0.243. The second kappa shape index (κ2) is 11.8. The molecule has 16 heteroatoms. The van der Waals surface area contributed by atoms with Gasteiger partial charge >= 0.3 is 47.2 Å². The van der Waals surface area contributed by atoms with Crippen molar-refractivity contribution < 1.29 is 78.0 Å². The number of carbonyl (C=O) groups excluding carboxylic acids is 4. The third kappa shape index (κ3) is 7.39. The molecule has 0 bridgehead atoms. The molecule has 0 saturated carbocycles. The van der Waals surface area contributed by atoms with E-state index in [4.69, 9.17) is 20.6 Å². The molecule has 0 fully saturated rings. The number of esters is 4. The SMILES string of the molecule is O=C(O)CC(=O)OCOC(=O)C(C(=O)O)(C(=O)O)C(=O)OCOC(=O)CCOO. The highest BCUT2D eigenvalue weighted by Crippen LogP contribution is 2.23. The van der Waals surface area contributed by atoms with E-state index in [0.29, 0.717) is 0 Å². The van der Waals surface area contributed by atoms with Crippen molar-refractivity contribution in [3.8, 4) is 0 Å². The van der Waals surface area contributed by atoms with Gasteiger partial charge in [0.15, 0.2) is 0 Å². The van der Waals surface area contributed by atoms with E-state index in [1.807, 2.05) is 0 Å². The highest BCUT2D eigenvalue weighted by molar-refractivity contribution is 6.32. The van der Waals surface area contributed by atoms with Crippen LogP contribution in [0.15, 0.2) is 0 Å². The van der Waals surface area contributed by atoms with E-state index in [9.17, 15) is 33.6 Å². The van der Waals surface area contributed by atoms with Crippen LogP contribution in [0.25, 0.3) is 0 Å². The van der Waals surface area contributed by atoms with Crippen molar-refractivity contribution in [1.29, 1.82) is 0 Å². The molecule has 0 aromatic heterocycles. The fourth-order valence-electron chi connectivity index (χ4n) is 1.41. The maximum atomic E-state index is 11.9. The normalized spacial score (nSPS) is 10.4. The molecule has 0 atom stereocenters. The van der Waals surface area contributed by atoms with Crippen molar-refractivity contribution in [1.82, 2.24) is 0 Å². The summed E-state index contributed by atoms with van der Waals surface area (Å²) in [6.45, 7) is -3.20. The maximum Gasteiger partial charge on any atom is 0.355 e. The Morgan fingerprint density at radius 3 is 1.52 bits per heavy atom. The summed E-state index contributed by atoms with van der Waals surface area (Å²) in [6, 6.07) is 0. The van der Waals surface area contributed by atoms with Crippen molar-refractivity contribution >= 4 is 41.8 Å². The Morgan fingerprint density at radius 2 is 1.14 bits per heavy atom. The topological polar surface area (TPSA) is 247 Å². The molecule has 0 aliphatic carbocycles. The van der Waals surface area contributed by atoms with Gasteiger partial charge in [-0.2, -0.15) is 0 Å². The van der Waals surface area contributed by atoms with Crippen molar-refractivity contribution in [2.75, 3.05) is 20.2 Å². The molecule has 0 unspecified atom stereocenters. The minimum Gasteiger partial charge on any atom is -0.481 e. The van der Waals surface area contributed by atoms with Crippen molar-refractivity contribution in [2.45, 2.75) is 12.8 Å². The number of hydrogen-bond donors (Lipinski definition) is 4. The van der Waals surface area contributed by atoms with Crippen LogP contribution in [0.4, 0.5) is 0 Å². The minimum atomic E-state index is -3.97. The molecule has 16 nitrogen and oxygen atoms in total. The second-order valence-electron chi connectivity index (χ2n) is 4.65. The van der Waals surface area contributed by atoms with Crippen molar-refractivity contribution in [3.63, 3.8) is 0 Å². The Bertz CT molecular complexity index is 664. The molecule has 0 spiro atoms. The first-order valence-electron chi connectivity index (χ1n) is 7.10. The van der Waals surface area contributed by atoms with E-state index < -0.39 is 80.2 Å². The van der Waals surface area contributed by atoms with Crippen LogP contribution in [0.3, 0.4) is 0 Å². The fourth-order valence-corrected chi connectivity index (χ4v) is 1.41. The largest absolute Gasteiger partial charge is 0.481 e. The Labute approximate surface area is 159 Å². The van der Waals surface area contributed by atoms with Crippen LogP contribution in [0.1, 0.15) is 12.8 Å². The molecule has 0 amide bonds. The zero-order chi connectivity index (χ0) is 22.6.